The Morgan fingerprint density at radius 2 is 1.69 bits per heavy atom. The van der Waals surface area contributed by atoms with Crippen LogP contribution in [0.3, 0.4) is 0 Å². The van der Waals surface area contributed by atoms with Gasteiger partial charge in [-0.3, -0.25) is 0 Å². The number of nitrogens with one attached hydrogen (secondary N) is 1. The molecule has 0 aromatic heterocycles. The standard InChI is InChI=1S/C24H30FNO5S/c1-6-31-23(28)20(13-14-27)22(18-8-7-16(2)21(25)15-18)17-9-11-19(12-10-17)32(29,30)26-24(3,4)5/h7-12,15,26-27H,6,13-14H2,1-5H3/b22-20-. The van der Waals surface area contributed by atoms with E-state index in [2.05, 4.69) is 4.72 Å². The van der Waals surface area contributed by atoms with E-state index in [1.54, 1.807) is 58.9 Å². The van der Waals surface area contributed by atoms with Crippen LogP contribution < -0.4 is 4.72 Å². The molecule has 0 amide bonds. The minimum Gasteiger partial charge on any atom is -0.463 e. The van der Waals surface area contributed by atoms with Crippen molar-refractivity contribution in [2.45, 2.75) is 51.5 Å². The van der Waals surface area contributed by atoms with Crippen molar-refractivity contribution in [3.8, 4) is 0 Å². The van der Waals surface area contributed by atoms with Crippen molar-refractivity contribution in [1.29, 1.82) is 0 Å². The number of carbonyl (C=O) groups is 1. The fourth-order valence-electron chi connectivity index (χ4n) is 3.19. The number of esters is 1. The number of rotatable bonds is 8. The highest BCUT2D eigenvalue weighted by atomic mass is 32.2. The maximum absolute atomic E-state index is 14.4. The quantitative estimate of drug-likeness (QED) is 0.457. The summed E-state index contributed by atoms with van der Waals surface area (Å²) in [5, 5.41) is 9.55. The molecule has 0 aliphatic heterocycles. The predicted octanol–water partition coefficient (Wildman–Crippen LogP) is 3.96. The maximum Gasteiger partial charge on any atom is 0.334 e. The van der Waals surface area contributed by atoms with E-state index in [4.69, 9.17) is 4.74 Å². The number of aliphatic hydroxyl groups is 1. The van der Waals surface area contributed by atoms with Crippen molar-refractivity contribution < 1.29 is 27.4 Å². The fourth-order valence-corrected chi connectivity index (χ4v) is 4.60. The molecule has 0 fully saturated rings. The summed E-state index contributed by atoms with van der Waals surface area (Å²) >= 11 is 0. The van der Waals surface area contributed by atoms with Crippen LogP contribution in [0.2, 0.25) is 0 Å². The lowest BCUT2D eigenvalue weighted by Gasteiger charge is -2.21. The van der Waals surface area contributed by atoms with Gasteiger partial charge in [-0.1, -0.05) is 24.3 Å². The van der Waals surface area contributed by atoms with E-state index in [-0.39, 0.29) is 30.1 Å². The molecule has 0 aliphatic carbocycles. The Bertz CT molecular complexity index is 1100. The predicted molar refractivity (Wildman–Crippen MR) is 122 cm³/mol. The lowest BCUT2D eigenvalue weighted by Crippen LogP contribution is -2.40. The zero-order valence-electron chi connectivity index (χ0n) is 19.0. The van der Waals surface area contributed by atoms with Crippen molar-refractivity contribution in [2.75, 3.05) is 13.2 Å². The van der Waals surface area contributed by atoms with Crippen LogP contribution >= 0.6 is 0 Å². The molecule has 0 saturated heterocycles. The molecule has 174 valence electrons. The number of halogens is 1. The highest BCUT2D eigenvalue weighted by Gasteiger charge is 2.24. The van der Waals surface area contributed by atoms with Gasteiger partial charge >= 0.3 is 5.97 Å². The van der Waals surface area contributed by atoms with Gasteiger partial charge in [0.05, 0.1) is 11.5 Å². The van der Waals surface area contributed by atoms with Crippen LogP contribution in [0.25, 0.3) is 5.57 Å². The fraction of sp³-hybridized carbons (Fsp3) is 0.375. The number of hydrogen-bond acceptors (Lipinski definition) is 5. The Hall–Kier alpha value is -2.55. The van der Waals surface area contributed by atoms with Crippen molar-refractivity contribution in [1.82, 2.24) is 4.72 Å². The smallest absolute Gasteiger partial charge is 0.334 e. The van der Waals surface area contributed by atoms with E-state index in [1.807, 2.05) is 0 Å². The van der Waals surface area contributed by atoms with Gasteiger partial charge in [0.2, 0.25) is 10.0 Å². The highest BCUT2D eigenvalue weighted by molar-refractivity contribution is 7.89. The molecule has 0 radical (unpaired) electrons. The molecule has 0 aliphatic rings. The molecule has 2 aromatic rings. The van der Waals surface area contributed by atoms with Gasteiger partial charge in [-0.2, -0.15) is 0 Å². The average molecular weight is 464 g/mol. The molecule has 0 bridgehead atoms. The van der Waals surface area contributed by atoms with Crippen LogP contribution in [0.5, 0.6) is 0 Å². The number of aryl methyl sites for hydroxylation is 1. The van der Waals surface area contributed by atoms with Gasteiger partial charge in [-0.15, -0.1) is 0 Å². The molecular formula is C24H30FNO5S. The minimum absolute atomic E-state index is 0.00467. The summed E-state index contributed by atoms with van der Waals surface area (Å²) in [6.45, 7) is 8.35. The van der Waals surface area contributed by atoms with Gasteiger partial charge in [-0.05, 0) is 75.1 Å². The Kier molecular flexibility index (Phi) is 8.34. The first-order valence-electron chi connectivity index (χ1n) is 10.3. The molecule has 6 nitrogen and oxygen atoms in total. The third-order valence-electron chi connectivity index (χ3n) is 4.54. The van der Waals surface area contributed by atoms with E-state index >= 15 is 0 Å². The zero-order chi connectivity index (χ0) is 24.1. The molecule has 2 aromatic carbocycles. The molecule has 2 rings (SSSR count). The Morgan fingerprint density at radius 3 is 2.19 bits per heavy atom. The van der Waals surface area contributed by atoms with E-state index in [1.165, 1.54) is 18.2 Å². The van der Waals surface area contributed by atoms with Gasteiger partial charge < -0.3 is 9.84 Å². The van der Waals surface area contributed by atoms with E-state index in [9.17, 15) is 22.7 Å². The Morgan fingerprint density at radius 1 is 1.09 bits per heavy atom. The topological polar surface area (TPSA) is 92.7 Å². The average Bonchev–Trinajstić information content (AvgIpc) is 2.69. The van der Waals surface area contributed by atoms with E-state index in [0.29, 0.717) is 22.3 Å². The third kappa shape index (κ3) is 6.48. The van der Waals surface area contributed by atoms with Crippen molar-refractivity contribution in [2.24, 2.45) is 0 Å². The monoisotopic (exact) mass is 463 g/mol. The van der Waals surface area contributed by atoms with Gasteiger partial charge in [0, 0.05) is 24.1 Å². The van der Waals surface area contributed by atoms with Crippen molar-refractivity contribution in [3.63, 3.8) is 0 Å². The first-order chi connectivity index (χ1) is 14.9. The molecule has 0 heterocycles. The number of aliphatic hydroxyl groups excluding tert-OH is 1. The number of benzene rings is 2. The molecular weight excluding hydrogens is 433 g/mol. The molecule has 2 N–H and O–H groups in total. The normalized spacial score (nSPS) is 13.0. The van der Waals surface area contributed by atoms with Crippen LogP contribution in [0.1, 0.15) is 50.8 Å². The van der Waals surface area contributed by atoms with Crippen LogP contribution in [0.15, 0.2) is 52.9 Å². The lowest BCUT2D eigenvalue weighted by atomic mass is 9.91. The van der Waals surface area contributed by atoms with Crippen molar-refractivity contribution in [3.05, 3.63) is 70.5 Å². The Balaban J connectivity index is 2.68. The molecule has 0 atom stereocenters. The van der Waals surface area contributed by atoms with Gasteiger partial charge in [0.1, 0.15) is 5.82 Å². The summed E-state index contributed by atoms with van der Waals surface area (Å²) in [7, 11) is -3.75. The summed E-state index contributed by atoms with van der Waals surface area (Å²) in [4.78, 5) is 12.7. The largest absolute Gasteiger partial charge is 0.463 e. The highest BCUT2D eigenvalue weighted by Crippen LogP contribution is 2.31. The SMILES string of the molecule is CCOC(=O)/C(CCO)=C(/c1ccc(S(=O)(=O)NC(C)(C)C)cc1)c1ccc(C)c(F)c1. The number of sulfonamides is 1. The lowest BCUT2D eigenvalue weighted by molar-refractivity contribution is -0.138. The zero-order valence-corrected chi connectivity index (χ0v) is 19.8. The van der Waals surface area contributed by atoms with Crippen LogP contribution in [-0.4, -0.2) is 38.2 Å². The minimum atomic E-state index is -3.75. The summed E-state index contributed by atoms with van der Waals surface area (Å²) < 4.78 is 47.4. The first-order valence-corrected chi connectivity index (χ1v) is 11.8. The number of hydrogen-bond donors (Lipinski definition) is 2. The van der Waals surface area contributed by atoms with Crippen molar-refractivity contribution >= 4 is 21.6 Å². The number of ether oxygens (including phenoxy) is 1. The van der Waals surface area contributed by atoms with Crippen LogP contribution in [-0.2, 0) is 19.6 Å². The molecule has 0 unspecified atom stereocenters. The van der Waals surface area contributed by atoms with Crippen LogP contribution in [0.4, 0.5) is 4.39 Å². The second-order valence-corrected chi connectivity index (χ2v) is 10.1. The van der Waals surface area contributed by atoms with Gasteiger partial charge in [0.15, 0.2) is 0 Å². The summed E-state index contributed by atoms with van der Waals surface area (Å²) in [6, 6.07) is 10.6. The first kappa shape index (κ1) is 25.7. The van der Waals surface area contributed by atoms with E-state index in [0.717, 1.165) is 0 Å². The molecule has 32 heavy (non-hydrogen) atoms. The van der Waals surface area contributed by atoms with Gasteiger partial charge in [0.25, 0.3) is 0 Å². The van der Waals surface area contributed by atoms with E-state index < -0.39 is 27.3 Å². The van der Waals surface area contributed by atoms with Crippen LogP contribution in [0, 0.1) is 12.7 Å². The molecule has 0 spiro atoms. The van der Waals surface area contributed by atoms with Gasteiger partial charge in [-0.25, -0.2) is 22.3 Å². The molecule has 8 heteroatoms. The third-order valence-corrected chi connectivity index (χ3v) is 6.31. The Labute approximate surface area is 189 Å². The second kappa shape index (κ2) is 10.4. The maximum atomic E-state index is 14.4. The molecule has 0 saturated carbocycles. The summed E-state index contributed by atoms with van der Waals surface area (Å²) in [5.74, 6) is -1.07. The summed E-state index contributed by atoms with van der Waals surface area (Å²) in [5.41, 5.74) is 1.28. The summed E-state index contributed by atoms with van der Waals surface area (Å²) in [6.07, 6.45) is -0.00467. The number of carbonyl (C=O) groups excluding carboxylic acids is 1. The second-order valence-electron chi connectivity index (χ2n) is 8.39.